The van der Waals surface area contributed by atoms with E-state index < -0.39 is 11.8 Å². The fourth-order valence-corrected chi connectivity index (χ4v) is 3.87. The lowest BCUT2D eigenvalue weighted by molar-refractivity contribution is -0.127. The molecule has 0 bridgehead atoms. The number of hydrogen-bond donors (Lipinski definition) is 2. The maximum Gasteiger partial charge on any atom is 0.265 e. The lowest BCUT2D eigenvalue weighted by Gasteiger charge is -2.29. The summed E-state index contributed by atoms with van der Waals surface area (Å²) in [5.41, 5.74) is 5.31. The molecule has 3 rings (SSSR count). The molecule has 0 saturated heterocycles. The summed E-state index contributed by atoms with van der Waals surface area (Å²) in [6, 6.07) is 12.1. The van der Waals surface area contributed by atoms with E-state index in [-0.39, 0.29) is 31.2 Å². The Morgan fingerprint density at radius 2 is 1.86 bits per heavy atom. The van der Waals surface area contributed by atoms with Crippen LogP contribution in [-0.4, -0.2) is 36.6 Å². The molecule has 7 nitrogen and oxygen atoms in total. The van der Waals surface area contributed by atoms with E-state index in [0.717, 1.165) is 0 Å². The first kappa shape index (κ1) is 21.3. The summed E-state index contributed by atoms with van der Waals surface area (Å²) in [6.45, 7) is 0.104. The molecule has 152 valence electrons. The summed E-state index contributed by atoms with van der Waals surface area (Å²) in [5.74, 6) is -0.392. The number of thioether (sulfide) groups is 1. The minimum atomic E-state index is -0.416. The molecule has 0 spiro atoms. The summed E-state index contributed by atoms with van der Waals surface area (Å²) in [5, 5.41) is 1.01. The number of fused-ring (bicyclic) bond motifs is 1. The third kappa shape index (κ3) is 5.79. The van der Waals surface area contributed by atoms with E-state index in [4.69, 9.17) is 27.9 Å². The number of amides is 3. The highest BCUT2D eigenvalue weighted by atomic mass is 35.5. The van der Waals surface area contributed by atoms with Gasteiger partial charge in [0.25, 0.3) is 5.91 Å². The highest BCUT2D eigenvalue weighted by Gasteiger charge is 2.25. The Morgan fingerprint density at radius 1 is 1.10 bits per heavy atom. The molecule has 1 aliphatic rings. The molecule has 0 saturated carbocycles. The zero-order chi connectivity index (χ0) is 20.8. The summed E-state index contributed by atoms with van der Waals surface area (Å²) in [6.07, 6.45) is 0.0214. The largest absolute Gasteiger partial charge is 0.482 e. The summed E-state index contributed by atoms with van der Waals surface area (Å²) in [7, 11) is 0. The van der Waals surface area contributed by atoms with Gasteiger partial charge >= 0.3 is 0 Å². The van der Waals surface area contributed by atoms with Crippen LogP contribution in [0.3, 0.4) is 0 Å². The van der Waals surface area contributed by atoms with E-state index in [2.05, 4.69) is 10.9 Å². The number of rotatable bonds is 6. The monoisotopic (exact) mass is 453 g/mol. The Kier molecular flexibility index (Phi) is 7.24. The van der Waals surface area contributed by atoms with Crippen LogP contribution in [0, 0.1) is 0 Å². The summed E-state index contributed by atoms with van der Waals surface area (Å²) >= 11 is 13.2. The van der Waals surface area contributed by atoms with Crippen molar-refractivity contribution in [1.29, 1.82) is 0 Å². The first-order valence-electron chi connectivity index (χ1n) is 8.62. The minimum absolute atomic E-state index is 0.0214. The van der Waals surface area contributed by atoms with Crippen molar-refractivity contribution in [3.8, 4) is 5.75 Å². The number of hydrazine groups is 1. The third-order valence-corrected chi connectivity index (χ3v) is 5.70. The van der Waals surface area contributed by atoms with E-state index in [1.54, 1.807) is 36.4 Å². The fraction of sp³-hybridized carbons (Fsp3) is 0.211. The summed E-state index contributed by atoms with van der Waals surface area (Å²) in [4.78, 5) is 38.2. The van der Waals surface area contributed by atoms with Crippen LogP contribution in [0.5, 0.6) is 5.75 Å². The lowest BCUT2D eigenvalue weighted by atomic mass is 10.2. The molecular weight excluding hydrogens is 437 g/mol. The highest BCUT2D eigenvalue weighted by molar-refractivity contribution is 8.00. The van der Waals surface area contributed by atoms with Gasteiger partial charge in [-0.15, -0.1) is 11.8 Å². The molecule has 3 amide bonds. The average Bonchev–Trinajstić information content (AvgIpc) is 2.72. The molecular formula is C19H17Cl2N3O4S. The predicted molar refractivity (Wildman–Crippen MR) is 112 cm³/mol. The second-order valence-corrected chi connectivity index (χ2v) is 7.87. The van der Waals surface area contributed by atoms with Crippen LogP contribution >= 0.6 is 35.0 Å². The number of anilines is 1. The van der Waals surface area contributed by atoms with Gasteiger partial charge in [-0.3, -0.25) is 25.2 Å². The van der Waals surface area contributed by atoms with Gasteiger partial charge in [0.15, 0.2) is 6.61 Å². The topological polar surface area (TPSA) is 87.7 Å². The number of hydrogen-bond acceptors (Lipinski definition) is 5. The molecule has 1 heterocycles. The van der Waals surface area contributed by atoms with Gasteiger partial charge in [-0.25, -0.2) is 0 Å². The average molecular weight is 454 g/mol. The third-order valence-electron chi connectivity index (χ3n) is 3.96. The van der Waals surface area contributed by atoms with Crippen molar-refractivity contribution >= 4 is 58.4 Å². The number of carbonyl (C=O) groups excluding carboxylic acids is 3. The number of nitrogens with one attached hydrogen (secondary N) is 2. The van der Waals surface area contributed by atoms with Crippen molar-refractivity contribution < 1.29 is 19.1 Å². The molecule has 0 aliphatic carbocycles. The fourth-order valence-electron chi connectivity index (χ4n) is 2.58. The van der Waals surface area contributed by atoms with Crippen molar-refractivity contribution in [2.24, 2.45) is 0 Å². The first-order chi connectivity index (χ1) is 13.9. The second kappa shape index (κ2) is 9.87. The van der Waals surface area contributed by atoms with Gasteiger partial charge in [-0.05, 0) is 30.3 Å². The number of para-hydroxylation sites is 2. The maximum absolute atomic E-state index is 12.1. The van der Waals surface area contributed by atoms with Crippen LogP contribution in [0.1, 0.15) is 6.42 Å². The number of ether oxygens (including phenoxy) is 1. The minimum Gasteiger partial charge on any atom is -0.482 e. The predicted octanol–water partition coefficient (Wildman–Crippen LogP) is 3.05. The van der Waals surface area contributed by atoms with Crippen LogP contribution in [0.25, 0.3) is 0 Å². The van der Waals surface area contributed by atoms with Crippen molar-refractivity contribution in [3.05, 3.63) is 52.5 Å². The van der Waals surface area contributed by atoms with Gasteiger partial charge in [-0.2, -0.15) is 0 Å². The molecule has 0 fully saturated rings. The van der Waals surface area contributed by atoms with E-state index in [0.29, 0.717) is 26.4 Å². The van der Waals surface area contributed by atoms with Gasteiger partial charge in [-0.1, -0.05) is 35.3 Å². The SMILES string of the molecule is O=C(CCN1C(=O)COc2ccccc21)NNC(=O)CSc1cc(Cl)ccc1Cl. The normalized spacial score (nSPS) is 12.8. The molecule has 2 aromatic rings. The Hall–Kier alpha value is -2.42. The molecule has 2 N–H and O–H groups in total. The zero-order valence-electron chi connectivity index (χ0n) is 15.1. The number of carbonyl (C=O) groups is 3. The molecule has 29 heavy (non-hydrogen) atoms. The van der Waals surface area contributed by atoms with Gasteiger partial charge in [0.05, 0.1) is 16.5 Å². The molecule has 2 aromatic carbocycles. The number of benzene rings is 2. The van der Waals surface area contributed by atoms with Gasteiger partial charge in [0, 0.05) is 22.9 Å². The molecule has 10 heteroatoms. The Balaban J connectivity index is 1.44. The van der Waals surface area contributed by atoms with Crippen molar-refractivity contribution in [3.63, 3.8) is 0 Å². The standard InChI is InChI=1S/C19H17Cl2N3O4S/c20-12-5-6-13(21)16(9-12)29-11-18(26)23-22-17(25)7-8-24-14-3-1-2-4-15(14)28-10-19(24)27/h1-6,9H,7-8,10-11H2,(H,22,25)(H,23,26). The van der Waals surface area contributed by atoms with E-state index >= 15 is 0 Å². The molecule has 0 unspecified atom stereocenters. The van der Waals surface area contributed by atoms with Crippen LogP contribution in [0.15, 0.2) is 47.4 Å². The Bertz CT molecular complexity index is 941. The smallest absolute Gasteiger partial charge is 0.265 e. The maximum atomic E-state index is 12.1. The van der Waals surface area contributed by atoms with Gasteiger partial charge < -0.3 is 9.64 Å². The van der Waals surface area contributed by atoms with Crippen LogP contribution in [-0.2, 0) is 14.4 Å². The Labute approximate surface area is 181 Å². The van der Waals surface area contributed by atoms with Crippen molar-refractivity contribution in [2.75, 3.05) is 23.8 Å². The van der Waals surface area contributed by atoms with E-state index in [1.807, 2.05) is 6.07 Å². The number of nitrogens with zero attached hydrogens (tertiary/aromatic N) is 1. The highest BCUT2D eigenvalue weighted by Crippen LogP contribution is 2.31. The quantitative estimate of drug-likeness (QED) is 0.518. The summed E-state index contributed by atoms with van der Waals surface area (Å²) < 4.78 is 5.36. The van der Waals surface area contributed by atoms with Crippen LogP contribution in [0.2, 0.25) is 10.0 Å². The molecule has 0 aromatic heterocycles. The molecule has 0 radical (unpaired) electrons. The Morgan fingerprint density at radius 3 is 2.69 bits per heavy atom. The van der Waals surface area contributed by atoms with Crippen molar-refractivity contribution in [1.82, 2.24) is 10.9 Å². The van der Waals surface area contributed by atoms with Gasteiger partial charge in [0.1, 0.15) is 5.75 Å². The van der Waals surface area contributed by atoms with Crippen LogP contribution < -0.4 is 20.5 Å². The lowest BCUT2D eigenvalue weighted by Crippen LogP contribution is -2.45. The number of halogens is 2. The first-order valence-corrected chi connectivity index (χ1v) is 10.4. The molecule has 1 aliphatic heterocycles. The van der Waals surface area contributed by atoms with Crippen molar-refractivity contribution in [2.45, 2.75) is 11.3 Å². The van der Waals surface area contributed by atoms with E-state index in [9.17, 15) is 14.4 Å². The van der Waals surface area contributed by atoms with Gasteiger partial charge in [0.2, 0.25) is 11.8 Å². The van der Waals surface area contributed by atoms with E-state index in [1.165, 1.54) is 16.7 Å². The zero-order valence-corrected chi connectivity index (χ0v) is 17.4. The van der Waals surface area contributed by atoms with Crippen LogP contribution in [0.4, 0.5) is 5.69 Å². The second-order valence-electron chi connectivity index (χ2n) is 6.01. The molecule has 0 atom stereocenters.